The molecule has 1 N–H and O–H groups in total. The summed E-state index contributed by atoms with van der Waals surface area (Å²) >= 11 is 0. The molecule has 5 rings (SSSR count). The highest BCUT2D eigenvalue weighted by Gasteiger charge is 2.24. The number of H-pyrrole nitrogens is 1. The topological polar surface area (TPSA) is 93.1 Å². The molecular formula is C29H31N5O3. The average Bonchev–Trinajstić information content (AvgIpc) is 2.86. The van der Waals surface area contributed by atoms with E-state index in [0.29, 0.717) is 12.4 Å². The van der Waals surface area contributed by atoms with Crippen LogP contribution in [0.5, 0.6) is 0 Å². The van der Waals surface area contributed by atoms with Gasteiger partial charge in [0.05, 0.1) is 17.1 Å². The predicted octanol–water partition coefficient (Wildman–Crippen LogP) is 3.06. The van der Waals surface area contributed by atoms with E-state index in [1.165, 1.54) is 11.1 Å². The first kappa shape index (κ1) is 24.9. The summed E-state index contributed by atoms with van der Waals surface area (Å²) in [5.74, 6) is 3.04. The van der Waals surface area contributed by atoms with E-state index in [9.17, 15) is 9.59 Å². The molecule has 0 amide bonds. The summed E-state index contributed by atoms with van der Waals surface area (Å²) in [7, 11) is 0. The molecule has 37 heavy (non-hydrogen) atoms. The van der Waals surface area contributed by atoms with Crippen LogP contribution in [-0.4, -0.2) is 49.7 Å². The lowest BCUT2D eigenvalue weighted by Crippen LogP contribution is -2.45. The van der Waals surface area contributed by atoms with Gasteiger partial charge in [-0.2, -0.15) is 4.98 Å². The zero-order valence-corrected chi connectivity index (χ0v) is 21.5. The minimum atomic E-state index is -0.657. The lowest BCUT2D eigenvalue weighted by Gasteiger charge is -2.34. The second-order valence-corrected chi connectivity index (χ2v) is 9.95. The Morgan fingerprint density at radius 3 is 2.57 bits per heavy atom. The number of ether oxygens (including phenoxy) is 1. The van der Waals surface area contributed by atoms with Gasteiger partial charge in [-0.25, -0.2) is 9.78 Å². The molecule has 0 radical (unpaired) electrons. The van der Waals surface area contributed by atoms with E-state index in [2.05, 4.69) is 63.0 Å². The van der Waals surface area contributed by atoms with Gasteiger partial charge in [0.15, 0.2) is 11.5 Å². The van der Waals surface area contributed by atoms with Gasteiger partial charge >= 0.3 is 5.69 Å². The molecule has 2 atom stereocenters. The molecule has 8 nitrogen and oxygen atoms in total. The Labute approximate surface area is 215 Å². The number of hydrogen-bond donors (Lipinski definition) is 1. The number of rotatable bonds is 6. The highest BCUT2D eigenvalue weighted by atomic mass is 16.5. The molecule has 0 bridgehead atoms. The summed E-state index contributed by atoms with van der Waals surface area (Å²) in [6, 6.07) is 12.7. The van der Waals surface area contributed by atoms with Crippen molar-refractivity contribution in [2.24, 2.45) is 0 Å². The highest BCUT2D eigenvalue weighted by molar-refractivity contribution is 5.81. The van der Waals surface area contributed by atoms with Crippen molar-refractivity contribution >= 4 is 11.0 Å². The molecule has 0 spiro atoms. The van der Waals surface area contributed by atoms with Crippen molar-refractivity contribution in [1.29, 1.82) is 0 Å². The maximum absolute atomic E-state index is 12.5. The van der Waals surface area contributed by atoms with Gasteiger partial charge in [0.25, 0.3) is 5.56 Å². The van der Waals surface area contributed by atoms with E-state index >= 15 is 0 Å². The van der Waals surface area contributed by atoms with Gasteiger partial charge in [-0.1, -0.05) is 30.2 Å². The van der Waals surface area contributed by atoms with Crippen LogP contribution >= 0.6 is 0 Å². The molecular weight excluding hydrogens is 466 g/mol. The van der Waals surface area contributed by atoms with Crippen molar-refractivity contribution < 1.29 is 4.74 Å². The molecule has 2 aromatic rings. The zero-order chi connectivity index (χ0) is 26.1. The second kappa shape index (κ2) is 10.3. The lowest BCUT2D eigenvalue weighted by molar-refractivity contribution is -0.0533. The molecule has 1 saturated heterocycles. The summed E-state index contributed by atoms with van der Waals surface area (Å²) in [6.07, 6.45) is 7.22. The van der Waals surface area contributed by atoms with E-state index in [0.717, 1.165) is 54.6 Å². The summed E-state index contributed by atoms with van der Waals surface area (Å²) in [5.41, 5.74) is 5.29. The lowest BCUT2D eigenvalue weighted by atomic mass is 10.1. The number of aryl methyl sites for hydroxylation is 4. The Kier molecular flexibility index (Phi) is 6.92. The maximum Gasteiger partial charge on any atom is 0.349 e. The number of morpholine rings is 1. The normalized spacial score (nSPS) is 18.3. The molecule has 3 aliphatic rings. The number of aromatic amines is 1. The number of terminal acetylenes is 1. The largest absolute Gasteiger partial charge is 0.360 e. The second-order valence-electron chi connectivity index (χ2n) is 9.95. The molecule has 3 heterocycles. The third-order valence-electron chi connectivity index (χ3n) is 7.02. The number of nitrogens with one attached hydrogen (secondary N) is 1. The van der Waals surface area contributed by atoms with E-state index in [1.807, 2.05) is 24.5 Å². The van der Waals surface area contributed by atoms with Crippen LogP contribution in [-0.2, 0) is 24.2 Å². The molecule has 190 valence electrons. The first-order valence-electron chi connectivity index (χ1n) is 12.6. The van der Waals surface area contributed by atoms with Crippen molar-refractivity contribution in [1.82, 2.24) is 24.4 Å². The number of fused-ring (bicyclic) bond motifs is 2. The van der Waals surface area contributed by atoms with E-state index in [1.54, 1.807) is 0 Å². The van der Waals surface area contributed by atoms with Crippen molar-refractivity contribution in [3.63, 3.8) is 0 Å². The number of hydrogen-bond acceptors (Lipinski definition) is 6. The number of nitrogens with zero attached hydrogens (tertiary/aromatic N) is 4. The van der Waals surface area contributed by atoms with Crippen molar-refractivity contribution in [3.05, 3.63) is 79.5 Å². The standard InChI is InChI=1S/C29H31N5O3/c1-5-23-17-33(15-20(4)37-23)16-22-10-8-21(9-11-22)7-6-12-34-25-14-19(3)18(2)13-24(25)30-26-27(34)31-29(36)32-28(26)35/h1,8-11,13-14,20,23H,6-7,12,15-17H2,2-4H3,(H,32,35,36). The summed E-state index contributed by atoms with van der Waals surface area (Å²) in [5, 5.41) is 0. The van der Waals surface area contributed by atoms with Crippen LogP contribution in [0.3, 0.4) is 0 Å². The minimum Gasteiger partial charge on any atom is -0.360 e. The van der Waals surface area contributed by atoms with Crippen LogP contribution in [0.1, 0.15) is 35.6 Å². The number of benzene rings is 2. The highest BCUT2D eigenvalue weighted by Crippen LogP contribution is 2.24. The van der Waals surface area contributed by atoms with Gasteiger partial charge in [0.1, 0.15) is 6.10 Å². The van der Waals surface area contributed by atoms with Crippen molar-refractivity contribution in [2.45, 2.75) is 58.9 Å². The fourth-order valence-corrected chi connectivity index (χ4v) is 5.05. The Bertz CT molecular complexity index is 1560. The summed E-state index contributed by atoms with van der Waals surface area (Å²) in [4.78, 5) is 37.7. The summed E-state index contributed by atoms with van der Waals surface area (Å²) < 4.78 is 7.71. The molecule has 8 heteroatoms. The fourth-order valence-electron chi connectivity index (χ4n) is 5.05. The van der Waals surface area contributed by atoms with Crippen LogP contribution in [0.25, 0.3) is 22.6 Å². The Balaban J connectivity index is 1.33. The molecule has 2 aromatic carbocycles. The first-order chi connectivity index (χ1) is 17.8. The van der Waals surface area contributed by atoms with Gasteiger partial charge in [-0.3, -0.25) is 14.7 Å². The summed E-state index contributed by atoms with van der Waals surface area (Å²) in [6.45, 7) is 9.17. The van der Waals surface area contributed by atoms with Gasteiger partial charge in [-0.15, -0.1) is 6.42 Å². The molecule has 1 fully saturated rings. The maximum atomic E-state index is 12.5. The smallest absolute Gasteiger partial charge is 0.349 e. The Morgan fingerprint density at radius 2 is 1.81 bits per heavy atom. The first-order valence-corrected chi connectivity index (χ1v) is 12.6. The van der Waals surface area contributed by atoms with E-state index in [4.69, 9.17) is 11.2 Å². The molecule has 3 aliphatic heterocycles. The third kappa shape index (κ3) is 5.33. The van der Waals surface area contributed by atoms with E-state index in [-0.39, 0.29) is 17.9 Å². The SMILES string of the molecule is C#CC1CN(Cc2ccc(CCCn3c4nc(=O)[nH]c(=O)c-4nc4cc(C)c(C)cc43)cc2)CC(C)O1. The van der Waals surface area contributed by atoms with Crippen LogP contribution in [0, 0.1) is 26.2 Å². The van der Waals surface area contributed by atoms with Crippen molar-refractivity contribution in [3.8, 4) is 23.9 Å². The fraction of sp³-hybridized carbons (Fsp3) is 0.379. The van der Waals surface area contributed by atoms with Gasteiger partial charge in [0, 0.05) is 26.2 Å². The predicted molar refractivity (Wildman–Crippen MR) is 144 cm³/mol. The molecule has 0 saturated carbocycles. The van der Waals surface area contributed by atoms with Crippen LogP contribution in [0.4, 0.5) is 0 Å². The third-order valence-corrected chi connectivity index (χ3v) is 7.02. The Morgan fingerprint density at radius 1 is 1.08 bits per heavy atom. The van der Waals surface area contributed by atoms with Gasteiger partial charge in [-0.05, 0) is 68.0 Å². The number of aromatic nitrogens is 4. The average molecular weight is 498 g/mol. The van der Waals surface area contributed by atoms with Gasteiger partial charge < -0.3 is 9.30 Å². The van der Waals surface area contributed by atoms with Crippen LogP contribution in [0.2, 0.25) is 0 Å². The Hall–Kier alpha value is -3.80. The van der Waals surface area contributed by atoms with Gasteiger partial charge in [0.2, 0.25) is 0 Å². The quantitative estimate of drug-likeness (QED) is 0.325. The van der Waals surface area contributed by atoms with E-state index < -0.39 is 11.2 Å². The molecule has 2 unspecified atom stereocenters. The molecule has 0 aromatic heterocycles. The monoisotopic (exact) mass is 497 g/mol. The minimum absolute atomic E-state index is 0.127. The van der Waals surface area contributed by atoms with Crippen molar-refractivity contribution in [2.75, 3.05) is 13.1 Å². The van der Waals surface area contributed by atoms with Crippen LogP contribution in [0.15, 0.2) is 46.0 Å². The van der Waals surface area contributed by atoms with Crippen LogP contribution < -0.4 is 11.2 Å². The zero-order valence-electron chi connectivity index (χ0n) is 21.5. The molecule has 0 aliphatic carbocycles.